The van der Waals surface area contributed by atoms with E-state index < -0.39 is 16.1 Å². The highest BCUT2D eigenvalue weighted by atomic mass is 35.5. The van der Waals surface area contributed by atoms with Crippen LogP contribution in [0, 0.1) is 5.92 Å². The minimum absolute atomic E-state index is 0.0815. The number of nitrogens with two attached hydrogens (primary N) is 1. The quantitative estimate of drug-likeness (QED) is 0.328. The highest BCUT2D eigenvalue weighted by molar-refractivity contribution is 7.89. The van der Waals surface area contributed by atoms with Gasteiger partial charge in [-0.2, -0.15) is 0 Å². The summed E-state index contributed by atoms with van der Waals surface area (Å²) in [6.07, 6.45) is 1.70. The normalized spacial score (nSPS) is 18.3. The van der Waals surface area contributed by atoms with Crippen molar-refractivity contribution in [2.75, 3.05) is 0 Å². The number of nitrogens with zero attached hydrogens (tertiary/aromatic N) is 1. The summed E-state index contributed by atoms with van der Waals surface area (Å²) in [6.45, 7) is 0. The molecule has 1 aliphatic rings. The Bertz CT molecular complexity index is 582. The lowest BCUT2D eigenvalue weighted by atomic mass is 10.2. The van der Waals surface area contributed by atoms with Crippen LogP contribution in [0.1, 0.15) is 12.8 Å². The molecule has 0 saturated heterocycles. The second kappa shape index (κ2) is 5.36. The molecule has 1 atom stereocenters. The van der Waals surface area contributed by atoms with Crippen molar-refractivity contribution in [2.24, 2.45) is 16.8 Å². The number of nitrogens with one attached hydrogen (secondary N) is 1. The van der Waals surface area contributed by atoms with Crippen molar-refractivity contribution >= 4 is 27.5 Å². The van der Waals surface area contributed by atoms with Gasteiger partial charge in [0, 0.05) is 5.02 Å². The van der Waals surface area contributed by atoms with Crippen LogP contribution in [0.25, 0.3) is 0 Å². The van der Waals surface area contributed by atoms with E-state index in [0.717, 1.165) is 12.8 Å². The zero-order valence-electron chi connectivity index (χ0n) is 9.95. The first-order valence-electron chi connectivity index (χ1n) is 5.69. The number of sulfonamides is 1. The maximum Gasteiger partial charge on any atom is 0.241 e. The SMILES string of the molecule is NC(=NO)C(NS(=O)(=O)c1ccc(Cl)cc1)C1CC1. The predicted octanol–water partition coefficient (Wildman–Crippen LogP) is 1.14. The van der Waals surface area contributed by atoms with Crippen LogP contribution in [0.3, 0.4) is 0 Å². The summed E-state index contributed by atoms with van der Waals surface area (Å²) in [4.78, 5) is 0.0910. The van der Waals surface area contributed by atoms with Crippen molar-refractivity contribution in [3.63, 3.8) is 0 Å². The lowest BCUT2D eigenvalue weighted by Crippen LogP contribution is -2.46. The summed E-state index contributed by atoms with van der Waals surface area (Å²) in [5, 5.41) is 12.0. The minimum atomic E-state index is -3.72. The fourth-order valence-electron chi connectivity index (χ4n) is 1.74. The average molecular weight is 304 g/mol. The van der Waals surface area contributed by atoms with Crippen molar-refractivity contribution in [1.82, 2.24) is 4.72 Å². The summed E-state index contributed by atoms with van der Waals surface area (Å²) in [7, 11) is -3.72. The average Bonchev–Trinajstić information content (AvgIpc) is 3.20. The number of amidine groups is 1. The molecule has 1 aromatic carbocycles. The Morgan fingerprint density at radius 1 is 1.42 bits per heavy atom. The van der Waals surface area contributed by atoms with E-state index in [0.29, 0.717) is 5.02 Å². The summed E-state index contributed by atoms with van der Waals surface area (Å²) in [5.41, 5.74) is 5.52. The molecule has 0 spiro atoms. The van der Waals surface area contributed by atoms with E-state index in [2.05, 4.69) is 9.88 Å². The number of hydrogen-bond acceptors (Lipinski definition) is 4. The number of benzene rings is 1. The van der Waals surface area contributed by atoms with Crippen molar-refractivity contribution < 1.29 is 13.6 Å². The summed E-state index contributed by atoms with van der Waals surface area (Å²) < 4.78 is 26.8. The molecule has 1 aliphatic carbocycles. The topological polar surface area (TPSA) is 105 Å². The van der Waals surface area contributed by atoms with E-state index in [4.69, 9.17) is 22.5 Å². The smallest absolute Gasteiger partial charge is 0.241 e. The van der Waals surface area contributed by atoms with Crippen LogP contribution in [0.4, 0.5) is 0 Å². The number of oxime groups is 1. The third-order valence-corrected chi connectivity index (χ3v) is 4.64. The summed E-state index contributed by atoms with van der Waals surface area (Å²) >= 11 is 5.71. The fraction of sp³-hybridized carbons (Fsp3) is 0.364. The van der Waals surface area contributed by atoms with Crippen LogP contribution >= 0.6 is 11.6 Å². The number of hydrogen-bond donors (Lipinski definition) is 3. The monoisotopic (exact) mass is 303 g/mol. The Morgan fingerprint density at radius 3 is 2.47 bits per heavy atom. The molecule has 19 heavy (non-hydrogen) atoms. The highest BCUT2D eigenvalue weighted by Crippen LogP contribution is 2.33. The molecule has 2 rings (SSSR count). The highest BCUT2D eigenvalue weighted by Gasteiger charge is 2.37. The van der Waals surface area contributed by atoms with Crippen molar-refractivity contribution in [3.8, 4) is 0 Å². The molecule has 0 aliphatic heterocycles. The minimum Gasteiger partial charge on any atom is -0.409 e. The third-order valence-electron chi connectivity index (χ3n) is 2.93. The van der Waals surface area contributed by atoms with Gasteiger partial charge in [-0.15, -0.1) is 0 Å². The van der Waals surface area contributed by atoms with Crippen LogP contribution in [0.2, 0.25) is 5.02 Å². The molecule has 8 heteroatoms. The third kappa shape index (κ3) is 3.37. The van der Waals surface area contributed by atoms with Gasteiger partial charge in [0.2, 0.25) is 10.0 Å². The molecule has 4 N–H and O–H groups in total. The predicted molar refractivity (Wildman–Crippen MR) is 71.7 cm³/mol. The largest absolute Gasteiger partial charge is 0.409 e. The van der Waals surface area contributed by atoms with Crippen LogP contribution in [0.5, 0.6) is 0 Å². The first-order valence-corrected chi connectivity index (χ1v) is 7.55. The molecule has 6 nitrogen and oxygen atoms in total. The van der Waals surface area contributed by atoms with Gasteiger partial charge in [0.05, 0.1) is 10.9 Å². The molecule has 1 saturated carbocycles. The van der Waals surface area contributed by atoms with E-state index in [1.54, 1.807) is 0 Å². The zero-order valence-corrected chi connectivity index (χ0v) is 11.5. The van der Waals surface area contributed by atoms with Gasteiger partial charge in [0.15, 0.2) is 5.84 Å². The molecule has 0 heterocycles. The van der Waals surface area contributed by atoms with E-state index >= 15 is 0 Å². The van der Waals surface area contributed by atoms with Gasteiger partial charge >= 0.3 is 0 Å². The van der Waals surface area contributed by atoms with Crippen LogP contribution in [-0.2, 0) is 10.0 Å². The maximum atomic E-state index is 12.2. The van der Waals surface area contributed by atoms with Gasteiger partial charge in [-0.3, -0.25) is 0 Å². The lowest BCUT2D eigenvalue weighted by Gasteiger charge is -2.16. The van der Waals surface area contributed by atoms with Crippen LogP contribution < -0.4 is 10.5 Å². The van der Waals surface area contributed by atoms with Gasteiger partial charge in [-0.25, -0.2) is 13.1 Å². The molecular formula is C11H14ClN3O3S. The summed E-state index contributed by atoms with van der Waals surface area (Å²) in [6, 6.07) is 5.12. The maximum absolute atomic E-state index is 12.2. The molecule has 0 amide bonds. The molecule has 1 aromatic rings. The second-order valence-corrected chi connectivity index (χ2v) is 6.57. The van der Waals surface area contributed by atoms with E-state index in [-0.39, 0.29) is 16.6 Å². The van der Waals surface area contributed by atoms with E-state index in [1.807, 2.05) is 0 Å². The van der Waals surface area contributed by atoms with Gasteiger partial charge in [-0.05, 0) is 43.0 Å². The van der Waals surface area contributed by atoms with Crippen molar-refractivity contribution in [3.05, 3.63) is 29.3 Å². The second-order valence-electron chi connectivity index (χ2n) is 4.42. The number of halogens is 1. The molecule has 1 fully saturated rings. The molecule has 104 valence electrons. The Labute approximate surface area is 116 Å². The first kappa shape index (κ1) is 14.1. The van der Waals surface area contributed by atoms with E-state index in [9.17, 15) is 8.42 Å². The van der Waals surface area contributed by atoms with Crippen LogP contribution in [-0.4, -0.2) is 25.5 Å². The summed E-state index contributed by atoms with van der Waals surface area (Å²) in [5.74, 6) is -0.0435. The van der Waals surface area contributed by atoms with E-state index in [1.165, 1.54) is 24.3 Å². The van der Waals surface area contributed by atoms with Gasteiger partial charge in [-0.1, -0.05) is 16.8 Å². The Balaban J connectivity index is 2.22. The standard InChI is InChI=1S/C11H14ClN3O3S/c12-8-3-5-9(6-4-8)19(17,18)15-10(7-1-2-7)11(13)14-16/h3-7,10,15-16H,1-2H2,(H2,13,14). The Morgan fingerprint density at radius 2 is 2.00 bits per heavy atom. The van der Waals surface area contributed by atoms with Gasteiger partial charge in [0.25, 0.3) is 0 Å². The Kier molecular flexibility index (Phi) is 3.98. The molecular weight excluding hydrogens is 290 g/mol. The van der Waals surface area contributed by atoms with Crippen molar-refractivity contribution in [2.45, 2.75) is 23.8 Å². The fourth-order valence-corrected chi connectivity index (χ4v) is 3.14. The first-order chi connectivity index (χ1) is 8.94. The van der Waals surface area contributed by atoms with Crippen LogP contribution in [0.15, 0.2) is 34.3 Å². The molecule has 0 radical (unpaired) electrons. The molecule has 1 unspecified atom stereocenters. The Hall–Kier alpha value is -1.31. The van der Waals surface area contributed by atoms with Gasteiger partial charge in [0.1, 0.15) is 0 Å². The zero-order chi connectivity index (χ0) is 14.0. The molecule has 0 aromatic heterocycles. The van der Waals surface area contributed by atoms with Crippen molar-refractivity contribution in [1.29, 1.82) is 0 Å². The molecule has 0 bridgehead atoms. The van der Waals surface area contributed by atoms with Gasteiger partial charge < -0.3 is 10.9 Å². The number of rotatable bonds is 5. The lowest BCUT2D eigenvalue weighted by molar-refractivity contribution is 0.314.